The molecule has 0 aromatic carbocycles. The zero-order chi connectivity index (χ0) is 22.2. The first kappa shape index (κ1) is 25.0. The molecule has 2 aromatic rings. The highest BCUT2D eigenvalue weighted by Gasteiger charge is 2.13. The van der Waals surface area contributed by atoms with Gasteiger partial charge in [0, 0.05) is 45.4 Å². The minimum Gasteiger partial charge on any atom is -0.759 e. The molecule has 0 bridgehead atoms. The molecule has 0 amide bonds. The summed E-state index contributed by atoms with van der Waals surface area (Å²) in [5.74, 6) is 1.68. The molecule has 0 radical (unpaired) electrons. The van der Waals surface area contributed by atoms with E-state index in [1.165, 1.54) is 0 Å². The van der Waals surface area contributed by atoms with Crippen molar-refractivity contribution in [3.05, 3.63) is 59.2 Å². The van der Waals surface area contributed by atoms with Crippen molar-refractivity contribution in [2.75, 3.05) is 0 Å². The standard InChI is InChI=1S/C18H20N2O2S2.H2O4S/c1-5-13-7-19-11(3)17(21)15(13)9-23-24-10-16-14(6-2)8-20-12(4)18(16)22;1-5(2,3)4/h5-8,21-22H,1-2,9-10H2,3-4H3;(H2,1,2,3,4)/p-2. The van der Waals surface area contributed by atoms with Crippen LogP contribution >= 0.6 is 21.6 Å². The van der Waals surface area contributed by atoms with E-state index in [4.69, 9.17) is 17.5 Å². The van der Waals surface area contributed by atoms with E-state index in [1.54, 1.807) is 60.0 Å². The van der Waals surface area contributed by atoms with Gasteiger partial charge in [-0.3, -0.25) is 18.4 Å². The number of hydrogen-bond acceptors (Lipinski definition) is 10. The minimum atomic E-state index is -5.17. The van der Waals surface area contributed by atoms with Crippen LogP contribution < -0.4 is 0 Å². The number of aromatic nitrogens is 2. The fraction of sp³-hybridized carbons (Fsp3) is 0.222. The van der Waals surface area contributed by atoms with Crippen LogP contribution in [0.5, 0.6) is 11.5 Å². The van der Waals surface area contributed by atoms with Gasteiger partial charge in [0.1, 0.15) is 11.5 Å². The second-order valence-electron chi connectivity index (χ2n) is 5.59. The Kier molecular flexibility index (Phi) is 9.66. The average molecular weight is 457 g/mol. The highest BCUT2D eigenvalue weighted by molar-refractivity contribution is 8.76. The number of pyridine rings is 2. The van der Waals surface area contributed by atoms with E-state index in [9.17, 15) is 10.2 Å². The number of aryl methyl sites for hydroxylation is 2. The van der Waals surface area contributed by atoms with E-state index in [1.807, 2.05) is 0 Å². The van der Waals surface area contributed by atoms with Crippen molar-refractivity contribution in [1.82, 2.24) is 9.97 Å². The van der Waals surface area contributed by atoms with E-state index >= 15 is 0 Å². The van der Waals surface area contributed by atoms with Crippen molar-refractivity contribution in [2.45, 2.75) is 25.4 Å². The lowest BCUT2D eigenvalue weighted by Crippen LogP contribution is -1.94. The maximum atomic E-state index is 10.2. The smallest absolute Gasteiger partial charge is 0.141 e. The molecule has 0 aliphatic heterocycles. The highest BCUT2D eigenvalue weighted by atomic mass is 33.1. The molecule has 0 saturated heterocycles. The Labute approximate surface area is 177 Å². The predicted molar refractivity (Wildman–Crippen MR) is 115 cm³/mol. The summed E-state index contributed by atoms with van der Waals surface area (Å²) in [6.45, 7) is 11.1. The Hall–Kier alpha value is -2.05. The number of nitrogens with zero attached hydrogens (tertiary/aromatic N) is 2. The molecule has 0 spiro atoms. The summed E-state index contributed by atoms with van der Waals surface area (Å²) in [4.78, 5) is 8.28. The van der Waals surface area contributed by atoms with E-state index in [0.717, 1.165) is 22.3 Å². The average Bonchev–Trinajstić information content (AvgIpc) is 2.64. The molecule has 0 saturated carbocycles. The van der Waals surface area contributed by atoms with Gasteiger partial charge in [0.2, 0.25) is 0 Å². The fourth-order valence-electron chi connectivity index (χ4n) is 2.18. The van der Waals surface area contributed by atoms with Gasteiger partial charge in [0.25, 0.3) is 0 Å². The lowest BCUT2D eigenvalue weighted by atomic mass is 10.1. The maximum absolute atomic E-state index is 10.2. The molecule has 8 nitrogen and oxygen atoms in total. The SMILES string of the molecule is C=Cc1cnc(C)c(O)c1CSSCc1c(C=C)cnc(C)c1O.O=S(=O)([O-])[O-]. The lowest BCUT2D eigenvalue weighted by molar-refractivity contribution is 0.352. The van der Waals surface area contributed by atoms with Crippen LogP contribution in [0.15, 0.2) is 25.6 Å². The van der Waals surface area contributed by atoms with Crippen LogP contribution in [0.1, 0.15) is 33.6 Å². The third-order valence-electron chi connectivity index (χ3n) is 3.68. The molecule has 158 valence electrons. The molecule has 11 heteroatoms. The van der Waals surface area contributed by atoms with Gasteiger partial charge < -0.3 is 19.3 Å². The zero-order valence-corrected chi connectivity index (χ0v) is 18.2. The van der Waals surface area contributed by atoms with E-state index < -0.39 is 10.4 Å². The van der Waals surface area contributed by atoms with Gasteiger partial charge in [-0.2, -0.15) is 0 Å². The summed E-state index contributed by atoms with van der Waals surface area (Å²) in [7, 11) is -1.96. The molecule has 0 unspecified atom stereocenters. The van der Waals surface area contributed by atoms with Gasteiger partial charge in [-0.1, -0.05) is 46.9 Å². The highest BCUT2D eigenvalue weighted by Crippen LogP contribution is 2.37. The van der Waals surface area contributed by atoms with Crippen LogP contribution in [0.4, 0.5) is 0 Å². The maximum Gasteiger partial charge on any atom is 0.141 e. The summed E-state index contributed by atoms with van der Waals surface area (Å²) in [5, 5.41) is 20.4. The third-order valence-corrected chi connectivity index (χ3v) is 5.87. The van der Waals surface area contributed by atoms with Crippen molar-refractivity contribution in [3.63, 3.8) is 0 Å². The Bertz CT molecular complexity index is 920. The molecule has 29 heavy (non-hydrogen) atoms. The molecule has 0 atom stereocenters. The fourth-order valence-corrected chi connectivity index (χ4v) is 4.39. The van der Waals surface area contributed by atoms with Gasteiger partial charge in [-0.05, 0) is 25.0 Å². The Balaban J connectivity index is 0.000000749. The normalized spacial score (nSPS) is 10.8. The molecular formula is C18H20N2O6S3-2. The van der Waals surface area contributed by atoms with Crippen LogP contribution in [-0.4, -0.2) is 37.7 Å². The second-order valence-corrected chi connectivity index (χ2v) is 8.87. The van der Waals surface area contributed by atoms with E-state index in [2.05, 4.69) is 23.1 Å². The predicted octanol–water partition coefficient (Wildman–Crippen LogP) is 3.53. The van der Waals surface area contributed by atoms with Crippen molar-refractivity contribution < 1.29 is 27.7 Å². The van der Waals surface area contributed by atoms with Gasteiger partial charge in [-0.25, -0.2) is 0 Å². The van der Waals surface area contributed by atoms with Crippen molar-refractivity contribution in [3.8, 4) is 11.5 Å². The largest absolute Gasteiger partial charge is 0.759 e. The molecule has 0 fully saturated rings. The minimum absolute atomic E-state index is 0.217. The third kappa shape index (κ3) is 8.07. The van der Waals surface area contributed by atoms with Gasteiger partial charge in [0.05, 0.1) is 11.4 Å². The first-order valence-electron chi connectivity index (χ1n) is 8.00. The molecule has 2 rings (SSSR count). The molecule has 2 heterocycles. The molecule has 0 aliphatic carbocycles. The molecule has 2 N–H and O–H groups in total. The summed E-state index contributed by atoms with van der Waals surface area (Å²) < 4.78 is 34.1. The number of rotatable bonds is 7. The topological polar surface area (TPSA) is 146 Å². The van der Waals surface area contributed by atoms with Crippen molar-refractivity contribution >= 4 is 44.1 Å². The first-order valence-corrected chi connectivity index (χ1v) is 11.8. The van der Waals surface area contributed by atoms with Gasteiger partial charge in [0.15, 0.2) is 0 Å². The first-order chi connectivity index (χ1) is 13.5. The van der Waals surface area contributed by atoms with Crippen LogP contribution in [-0.2, 0) is 21.9 Å². The van der Waals surface area contributed by atoms with E-state index in [-0.39, 0.29) is 11.5 Å². The lowest BCUT2D eigenvalue weighted by Gasteiger charge is -2.11. The van der Waals surface area contributed by atoms with E-state index in [0.29, 0.717) is 22.9 Å². The molecule has 0 aliphatic rings. The van der Waals surface area contributed by atoms with Gasteiger partial charge >= 0.3 is 0 Å². The quantitative estimate of drug-likeness (QED) is 0.274. The summed E-state index contributed by atoms with van der Waals surface area (Å²) in [6.07, 6.45) is 6.83. The zero-order valence-electron chi connectivity index (χ0n) is 15.8. The van der Waals surface area contributed by atoms with Crippen LogP contribution in [0.25, 0.3) is 12.2 Å². The number of aromatic hydroxyl groups is 2. The second kappa shape index (κ2) is 11.2. The molecule has 2 aromatic heterocycles. The Morgan fingerprint density at radius 2 is 1.24 bits per heavy atom. The molecular weight excluding hydrogens is 436 g/mol. The van der Waals surface area contributed by atoms with Crippen molar-refractivity contribution in [1.29, 1.82) is 0 Å². The monoisotopic (exact) mass is 456 g/mol. The Morgan fingerprint density at radius 1 is 0.931 bits per heavy atom. The summed E-state index contributed by atoms with van der Waals surface area (Å²) in [5.41, 5.74) is 4.54. The van der Waals surface area contributed by atoms with Gasteiger partial charge in [-0.15, -0.1) is 0 Å². The van der Waals surface area contributed by atoms with Crippen LogP contribution in [0.3, 0.4) is 0 Å². The van der Waals surface area contributed by atoms with Crippen molar-refractivity contribution in [2.24, 2.45) is 0 Å². The summed E-state index contributed by atoms with van der Waals surface area (Å²) >= 11 is 0. The summed E-state index contributed by atoms with van der Waals surface area (Å²) in [6, 6.07) is 0. The Morgan fingerprint density at radius 3 is 1.52 bits per heavy atom. The van der Waals surface area contributed by atoms with Crippen LogP contribution in [0, 0.1) is 13.8 Å². The number of hydrogen-bond donors (Lipinski definition) is 2. The van der Waals surface area contributed by atoms with Crippen LogP contribution in [0.2, 0.25) is 0 Å².